The highest BCUT2D eigenvalue weighted by Crippen LogP contribution is 2.39. The van der Waals surface area contributed by atoms with Crippen LogP contribution in [0.15, 0.2) is 48.5 Å². The van der Waals surface area contributed by atoms with Crippen LogP contribution < -0.4 is 5.73 Å². The van der Waals surface area contributed by atoms with Crippen LogP contribution in [0.5, 0.6) is 0 Å². The third-order valence-corrected chi connectivity index (χ3v) is 5.82. The Kier molecular flexibility index (Phi) is 4.94. The van der Waals surface area contributed by atoms with Gasteiger partial charge in [0.1, 0.15) is 0 Å². The predicted molar refractivity (Wildman–Crippen MR) is 118 cm³/mol. The molecule has 1 aromatic heterocycles. The van der Waals surface area contributed by atoms with E-state index in [0.29, 0.717) is 0 Å². The van der Waals surface area contributed by atoms with E-state index in [-0.39, 0.29) is 0 Å². The number of benzene rings is 3. The first-order valence-electron chi connectivity index (χ1n) is 9.60. The van der Waals surface area contributed by atoms with Crippen LogP contribution in [0.2, 0.25) is 5.02 Å². The van der Waals surface area contributed by atoms with Crippen molar-refractivity contribution < 1.29 is 0 Å². The highest BCUT2D eigenvalue weighted by molar-refractivity contribution is 6.36. The van der Waals surface area contributed by atoms with Gasteiger partial charge in [0.25, 0.3) is 0 Å². The number of halogens is 1. The summed E-state index contributed by atoms with van der Waals surface area (Å²) in [6.45, 7) is 5.02. The SMILES string of the molecule is Cc1ccc(-c2[nH]c3c(C)ccc(Cl)c3c2CCCCN)c2ccccc12. The second-order valence-corrected chi connectivity index (χ2v) is 7.72. The quantitative estimate of drug-likeness (QED) is 0.381. The molecule has 0 saturated heterocycles. The number of aromatic amines is 1. The third kappa shape index (κ3) is 3.13. The van der Waals surface area contributed by atoms with Crippen molar-refractivity contribution >= 4 is 33.3 Å². The molecular weight excluding hydrogens is 352 g/mol. The molecule has 0 atom stereocenters. The normalized spacial score (nSPS) is 11.6. The van der Waals surface area contributed by atoms with Crippen molar-refractivity contribution in [3.05, 3.63) is 70.2 Å². The number of fused-ring (bicyclic) bond motifs is 2. The average Bonchev–Trinajstić information content (AvgIpc) is 3.06. The van der Waals surface area contributed by atoms with Gasteiger partial charge >= 0.3 is 0 Å². The van der Waals surface area contributed by atoms with Gasteiger partial charge in [0.15, 0.2) is 0 Å². The van der Waals surface area contributed by atoms with Crippen LogP contribution in [-0.2, 0) is 6.42 Å². The molecule has 2 nitrogen and oxygen atoms in total. The molecule has 3 aromatic carbocycles. The molecule has 27 heavy (non-hydrogen) atoms. The smallest absolute Gasteiger partial charge is 0.0506 e. The lowest BCUT2D eigenvalue weighted by molar-refractivity contribution is 0.748. The van der Waals surface area contributed by atoms with Gasteiger partial charge < -0.3 is 10.7 Å². The first-order chi connectivity index (χ1) is 13.1. The van der Waals surface area contributed by atoms with Crippen molar-refractivity contribution in [2.24, 2.45) is 5.73 Å². The summed E-state index contributed by atoms with van der Waals surface area (Å²) >= 11 is 6.65. The summed E-state index contributed by atoms with van der Waals surface area (Å²) in [5, 5.41) is 4.55. The first-order valence-corrected chi connectivity index (χ1v) is 9.98. The van der Waals surface area contributed by atoms with E-state index in [4.69, 9.17) is 17.3 Å². The van der Waals surface area contributed by atoms with E-state index >= 15 is 0 Å². The summed E-state index contributed by atoms with van der Waals surface area (Å²) in [4.78, 5) is 3.71. The van der Waals surface area contributed by atoms with E-state index in [2.05, 4.69) is 61.3 Å². The van der Waals surface area contributed by atoms with Gasteiger partial charge in [0.2, 0.25) is 0 Å². The van der Waals surface area contributed by atoms with Gasteiger partial charge in [0, 0.05) is 10.9 Å². The Balaban J connectivity index is 2.02. The van der Waals surface area contributed by atoms with Crippen molar-refractivity contribution in [3.8, 4) is 11.3 Å². The number of H-pyrrole nitrogens is 1. The van der Waals surface area contributed by atoms with Crippen LogP contribution in [0.4, 0.5) is 0 Å². The number of rotatable bonds is 5. The summed E-state index contributed by atoms with van der Waals surface area (Å²) in [6.07, 6.45) is 3.05. The van der Waals surface area contributed by atoms with E-state index in [9.17, 15) is 0 Å². The lowest BCUT2D eigenvalue weighted by Crippen LogP contribution is -1.99. The molecule has 0 saturated carbocycles. The first kappa shape index (κ1) is 18.1. The Morgan fingerprint density at radius 3 is 2.41 bits per heavy atom. The van der Waals surface area contributed by atoms with Crippen LogP contribution in [0.3, 0.4) is 0 Å². The number of unbranched alkanes of at least 4 members (excludes halogenated alkanes) is 1. The number of hydrogen-bond donors (Lipinski definition) is 2. The molecule has 0 aliphatic rings. The van der Waals surface area contributed by atoms with Crippen LogP contribution in [-0.4, -0.2) is 11.5 Å². The second-order valence-electron chi connectivity index (χ2n) is 7.31. The van der Waals surface area contributed by atoms with Gasteiger partial charge in [-0.25, -0.2) is 0 Å². The standard InChI is InChI=1S/C24H25ClN2/c1-15-10-12-19(18-8-4-3-7-17(15)18)24-20(9-5-6-14-26)22-21(25)13-11-16(2)23(22)27-24/h3-4,7-8,10-13,27H,5-6,9,14,26H2,1-2H3. The maximum Gasteiger partial charge on any atom is 0.0506 e. The van der Waals surface area contributed by atoms with Crippen molar-refractivity contribution in [1.82, 2.24) is 4.98 Å². The molecule has 138 valence electrons. The fraction of sp³-hybridized carbons (Fsp3) is 0.250. The molecule has 0 amide bonds. The zero-order chi connectivity index (χ0) is 19.0. The summed E-state index contributed by atoms with van der Waals surface area (Å²) < 4.78 is 0. The van der Waals surface area contributed by atoms with Gasteiger partial charge in [-0.2, -0.15) is 0 Å². The third-order valence-electron chi connectivity index (χ3n) is 5.51. The molecule has 0 fully saturated rings. The Bertz CT molecular complexity index is 1120. The number of nitrogens with two attached hydrogens (primary N) is 1. The van der Waals surface area contributed by atoms with E-state index < -0.39 is 0 Å². The van der Waals surface area contributed by atoms with Crippen LogP contribution >= 0.6 is 11.6 Å². The summed E-state index contributed by atoms with van der Waals surface area (Å²) in [7, 11) is 0. The minimum Gasteiger partial charge on any atom is -0.354 e. The highest BCUT2D eigenvalue weighted by atomic mass is 35.5. The lowest BCUT2D eigenvalue weighted by Gasteiger charge is -2.11. The van der Waals surface area contributed by atoms with Gasteiger partial charge in [-0.3, -0.25) is 0 Å². The zero-order valence-electron chi connectivity index (χ0n) is 15.9. The van der Waals surface area contributed by atoms with Crippen molar-refractivity contribution in [3.63, 3.8) is 0 Å². The molecule has 0 spiro atoms. The zero-order valence-corrected chi connectivity index (χ0v) is 16.7. The molecule has 3 N–H and O–H groups in total. The second kappa shape index (κ2) is 7.38. The molecule has 0 unspecified atom stereocenters. The molecule has 0 bridgehead atoms. The minimum atomic E-state index is 0.720. The summed E-state index contributed by atoms with van der Waals surface area (Å²) in [6, 6.07) is 17.2. The summed E-state index contributed by atoms with van der Waals surface area (Å²) in [5.74, 6) is 0. The largest absolute Gasteiger partial charge is 0.354 e. The molecule has 0 radical (unpaired) electrons. The van der Waals surface area contributed by atoms with Gasteiger partial charge in [0.05, 0.1) is 16.2 Å². The van der Waals surface area contributed by atoms with Crippen molar-refractivity contribution in [2.45, 2.75) is 33.1 Å². The molecule has 4 aromatic rings. The molecule has 4 rings (SSSR count). The summed E-state index contributed by atoms with van der Waals surface area (Å²) in [5.41, 5.74) is 13.1. The fourth-order valence-corrected chi connectivity index (χ4v) is 4.33. The fourth-order valence-electron chi connectivity index (χ4n) is 4.06. The average molecular weight is 377 g/mol. The predicted octanol–water partition coefficient (Wildman–Crippen LogP) is 6.54. The Morgan fingerprint density at radius 1 is 0.889 bits per heavy atom. The van der Waals surface area contributed by atoms with E-state index in [1.54, 1.807) is 0 Å². The Hall–Kier alpha value is -2.29. The van der Waals surface area contributed by atoms with Crippen LogP contribution in [0, 0.1) is 13.8 Å². The molecule has 0 aliphatic carbocycles. The number of aromatic nitrogens is 1. The molecule has 1 heterocycles. The number of aryl methyl sites for hydroxylation is 3. The Morgan fingerprint density at radius 2 is 1.63 bits per heavy atom. The van der Waals surface area contributed by atoms with Crippen LogP contribution in [0.25, 0.3) is 32.9 Å². The Labute approximate surface area is 165 Å². The minimum absolute atomic E-state index is 0.720. The maximum atomic E-state index is 6.65. The lowest BCUT2D eigenvalue weighted by atomic mass is 9.94. The monoisotopic (exact) mass is 376 g/mol. The van der Waals surface area contributed by atoms with Crippen molar-refractivity contribution in [1.29, 1.82) is 0 Å². The molecule has 0 aliphatic heterocycles. The van der Waals surface area contributed by atoms with Crippen LogP contribution in [0.1, 0.15) is 29.5 Å². The topological polar surface area (TPSA) is 41.8 Å². The van der Waals surface area contributed by atoms with Gasteiger partial charge in [-0.05, 0) is 73.2 Å². The maximum absolute atomic E-state index is 6.65. The van der Waals surface area contributed by atoms with Gasteiger partial charge in [-0.1, -0.05) is 54.1 Å². The number of nitrogens with one attached hydrogen (secondary N) is 1. The molecule has 3 heteroatoms. The van der Waals surface area contributed by atoms with E-state index in [1.165, 1.54) is 38.7 Å². The highest BCUT2D eigenvalue weighted by Gasteiger charge is 2.18. The van der Waals surface area contributed by atoms with Crippen molar-refractivity contribution in [2.75, 3.05) is 6.54 Å². The van der Waals surface area contributed by atoms with E-state index in [1.807, 2.05) is 6.07 Å². The van der Waals surface area contributed by atoms with Gasteiger partial charge in [-0.15, -0.1) is 0 Å². The number of hydrogen-bond acceptors (Lipinski definition) is 1. The van der Waals surface area contributed by atoms with E-state index in [0.717, 1.165) is 41.7 Å². The molecular formula is C24H25ClN2.